The quantitative estimate of drug-likeness (QED) is 0.835. The summed E-state index contributed by atoms with van der Waals surface area (Å²) in [6, 6.07) is 8.40. The van der Waals surface area contributed by atoms with Crippen LogP contribution in [0.2, 0.25) is 5.02 Å². The minimum Gasteiger partial charge on any atom is -0.327 e. The lowest BCUT2D eigenvalue weighted by molar-refractivity contribution is 0.201. The first kappa shape index (κ1) is 10.9. The molecule has 0 amide bonds. The molecule has 0 radical (unpaired) electrons. The highest BCUT2D eigenvalue weighted by molar-refractivity contribution is 6.30. The van der Waals surface area contributed by atoms with Crippen molar-refractivity contribution in [2.75, 3.05) is 13.1 Å². The molecule has 2 nitrogen and oxygen atoms in total. The molecule has 0 bridgehead atoms. The summed E-state index contributed by atoms with van der Waals surface area (Å²) in [5.41, 5.74) is 7.22. The predicted molar refractivity (Wildman–Crippen MR) is 63.9 cm³/mol. The van der Waals surface area contributed by atoms with Crippen LogP contribution in [0.5, 0.6) is 0 Å². The minimum absolute atomic E-state index is 0.345. The number of likely N-dealkylation sites (tertiary alicyclic amines) is 1. The van der Waals surface area contributed by atoms with Gasteiger partial charge in [-0.3, -0.25) is 4.90 Å². The largest absolute Gasteiger partial charge is 0.327 e. The molecule has 1 aromatic rings. The number of halogens is 1. The molecule has 1 aliphatic heterocycles. The molecule has 1 aromatic carbocycles. The lowest BCUT2D eigenvalue weighted by Gasteiger charge is -2.30. The van der Waals surface area contributed by atoms with Crippen molar-refractivity contribution in [2.24, 2.45) is 5.73 Å². The first-order chi connectivity index (χ1) is 7.24. The Hall–Kier alpha value is -0.570. The van der Waals surface area contributed by atoms with Gasteiger partial charge in [0.25, 0.3) is 0 Å². The molecule has 0 aliphatic carbocycles. The van der Waals surface area contributed by atoms with E-state index in [-0.39, 0.29) is 0 Å². The van der Waals surface area contributed by atoms with Gasteiger partial charge in [0.15, 0.2) is 0 Å². The maximum Gasteiger partial charge on any atom is 0.0409 e. The van der Waals surface area contributed by atoms with E-state index in [0.717, 1.165) is 31.1 Å². The van der Waals surface area contributed by atoms with Crippen molar-refractivity contribution in [1.29, 1.82) is 0 Å². The third-order valence-electron chi connectivity index (χ3n) is 2.84. The number of piperidine rings is 1. The molecule has 1 atom stereocenters. The summed E-state index contributed by atoms with van der Waals surface area (Å²) in [4.78, 5) is 2.40. The number of nitrogens with two attached hydrogens (primary N) is 1. The number of benzene rings is 1. The van der Waals surface area contributed by atoms with Gasteiger partial charge < -0.3 is 5.73 Å². The second kappa shape index (κ2) is 4.97. The van der Waals surface area contributed by atoms with Crippen molar-refractivity contribution in [3.8, 4) is 0 Å². The highest BCUT2D eigenvalue weighted by Crippen LogP contribution is 2.15. The molecule has 82 valence electrons. The van der Waals surface area contributed by atoms with Gasteiger partial charge in [0.1, 0.15) is 0 Å². The van der Waals surface area contributed by atoms with E-state index in [1.807, 2.05) is 18.2 Å². The van der Waals surface area contributed by atoms with Gasteiger partial charge in [-0.15, -0.1) is 0 Å². The molecule has 1 fully saturated rings. The summed E-state index contributed by atoms with van der Waals surface area (Å²) in [5, 5.41) is 0.814. The molecule has 3 heteroatoms. The third kappa shape index (κ3) is 3.20. The summed E-state index contributed by atoms with van der Waals surface area (Å²) < 4.78 is 0. The highest BCUT2D eigenvalue weighted by atomic mass is 35.5. The van der Waals surface area contributed by atoms with Gasteiger partial charge in [-0.05, 0) is 37.1 Å². The van der Waals surface area contributed by atoms with Gasteiger partial charge in [0.05, 0.1) is 0 Å². The number of rotatable bonds is 2. The van der Waals surface area contributed by atoms with Gasteiger partial charge in [0.2, 0.25) is 0 Å². The SMILES string of the molecule is N[C@@H]1CCCN(Cc2cccc(Cl)c2)C1. The van der Waals surface area contributed by atoms with Crippen molar-refractivity contribution in [3.05, 3.63) is 34.9 Å². The molecule has 1 saturated heterocycles. The van der Waals surface area contributed by atoms with E-state index in [1.165, 1.54) is 12.0 Å². The maximum absolute atomic E-state index is 5.95. The Morgan fingerprint density at radius 2 is 2.33 bits per heavy atom. The predicted octanol–water partition coefficient (Wildman–Crippen LogP) is 2.26. The Morgan fingerprint density at radius 1 is 1.47 bits per heavy atom. The van der Waals surface area contributed by atoms with Gasteiger partial charge in [0, 0.05) is 24.2 Å². The van der Waals surface area contributed by atoms with Crippen LogP contribution in [0.25, 0.3) is 0 Å². The fraction of sp³-hybridized carbons (Fsp3) is 0.500. The average molecular weight is 225 g/mol. The minimum atomic E-state index is 0.345. The first-order valence-electron chi connectivity index (χ1n) is 5.46. The summed E-state index contributed by atoms with van der Waals surface area (Å²) in [6.07, 6.45) is 2.37. The third-order valence-corrected chi connectivity index (χ3v) is 3.07. The van der Waals surface area contributed by atoms with Crippen LogP contribution in [-0.4, -0.2) is 24.0 Å². The molecule has 0 saturated carbocycles. The zero-order valence-electron chi connectivity index (χ0n) is 8.82. The molecular formula is C12H17ClN2. The van der Waals surface area contributed by atoms with E-state index in [9.17, 15) is 0 Å². The van der Waals surface area contributed by atoms with E-state index < -0.39 is 0 Å². The maximum atomic E-state index is 5.95. The zero-order chi connectivity index (χ0) is 10.7. The van der Waals surface area contributed by atoms with E-state index in [2.05, 4.69) is 11.0 Å². The molecule has 15 heavy (non-hydrogen) atoms. The van der Waals surface area contributed by atoms with Gasteiger partial charge in [-0.2, -0.15) is 0 Å². The standard InChI is InChI=1S/C12H17ClN2/c13-11-4-1-3-10(7-11)8-15-6-2-5-12(14)9-15/h1,3-4,7,12H,2,5-6,8-9,14H2/t12-/m1/s1. The molecule has 1 heterocycles. The second-order valence-corrected chi connectivity index (χ2v) is 4.70. The van der Waals surface area contributed by atoms with Gasteiger partial charge in [-0.1, -0.05) is 23.7 Å². The Morgan fingerprint density at radius 3 is 3.07 bits per heavy atom. The molecule has 0 spiro atoms. The van der Waals surface area contributed by atoms with E-state index >= 15 is 0 Å². The molecular weight excluding hydrogens is 208 g/mol. The van der Waals surface area contributed by atoms with Crippen molar-refractivity contribution in [2.45, 2.75) is 25.4 Å². The monoisotopic (exact) mass is 224 g/mol. The molecule has 1 aliphatic rings. The van der Waals surface area contributed by atoms with Crippen molar-refractivity contribution < 1.29 is 0 Å². The normalized spacial score (nSPS) is 22.9. The van der Waals surface area contributed by atoms with E-state index in [4.69, 9.17) is 17.3 Å². The number of hydrogen-bond donors (Lipinski definition) is 1. The first-order valence-corrected chi connectivity index (χ1v) is 5.84. The van der Waals surface area contributed by atoms with Crippen LogP contribution >= 0.6 is 11.6 Å². The Kier molecular flexibility index (Phi) is 3.62. The van der Waals surface area contributed by atoms with Crippen LogP contribution in [0.4, 0.5) is 0 Å². The molecule has 0 aromatic heterocycles. The Bertz CT molecular complexity index is 327. The van der Waals surface area contributed by atoms with E-state index in [0.29, 0.717) is 6.04 Å². The zero-order valence-corrected chi connectivity index (χ0v) is 9.58. The van der Waals surface area contributed by atoms with Gasteiger partial charge >= 0.3 is 0 Å². The summed E-state index contributed by atoms with van der Waals surface area (Å²) >= 11 is 5.95. The van der Waals surface area contributed by atoms with Crippen LogP contribution in [0.15, 0.2) is 24.3 Å². The number of nitrogens with zero attached hydrogens (tertiary/aromatic N) is 1. The topological polar surface area (TPSA) is 29.3 Å². The van der Waals surface area contributed by atoms with E-state index in [1.54, 1.807) is 0 Å². The average Bonchev–Trinajstić information content (AvgIpc) is 2.17. The Balaban J connectivity index is 1.96. The van der Waals surface area contributed by atoms with Crippen molar-refractivity contribution in [1.82, 2.24) is 4.90 Å². The van der Waals surface area contributed by atoms with Crippen LogP contribution in [0.3, 0.4) is 0 Å². The van der Waals surface area contributed by atoms with Crippen LogP contribution in [0, 0.1) is 0 Å². The Labute approximate surface area is 96.0 Å². The highest BCUT2D eigenvalue weighted by Gasteiger charge is 2.16. The van der Waals surface area contributed by atoms with Crippen LogP contribution < -0.4 is 5.73 Å². The molecule has 0 unspecified atom stereocenters. The summed E-state index contributed by atoms with van der Waals surface area (Å²) in [6.45, 7) is 3.13. The van der Waals surface area contributed by atoms with Gasteiger partial charge in [-0.25, -0.2) is 0 Å². The molecule has 2 N–H and O–H groups in total. The van der Waals surface area contributed by atoms with Crippen molar-refractivity contribution in [3.63, 3.8) is 0 Å². The number of hydrogen-bond acceptors (Lipinski definition) is 2. The van der Waals surface area contributed by atoms with Crippen molar-refractivity contribution >= 4 is 11.6 Å². The molecule has 2 rings (SSSR count). The smallest absolute Gasteiger partial charge is 0.0409 e. The summed E-state index contributed by atoms with van der Waals surface area (Å²) in [7, 11) is 0. The van der Waals surface area contributed by atoms with Crippen LogP contribution in [0.1, 0.15) is 18.4 Å². The summed E-state index contributed by atoms with van der Waals surface area (Å²) in [5.74, 6) is 0. The lowest BCUT2D eigenvalue weighted by Crippen LogP contribution is -2.42. The second-order valence-electron chi connectivity index (χ2n) is 4.27. The lowest BCUT2D eigenvalue weighted by atomic mass is 10.1. The van der Waals surface area contributed by atoms with Crippen LogP contribution in [-0.2, 0) is 6.54 Å². The fourth-order valence-corrected chi connectivity index (χ4v) is 2.34. The fourth-order valence-electron chi connectivity index (χ4n) is 2.13.